The molecule has 0 aliphatic carbocycles. The molecule has 1 saturated heterocycles. The highest BCUT2D eigenvalue weighted by atomic mass is 32.1. The fourth-order valence-corrected chi connectivity index (χ4v) is 5.14. The molecule has 1 aromatic carbocycles. The van der Waals surface area contributed by atoms with Crippen molar-refractivity contribution in [2.45, 2.75) is 44.9 Å². The number of carboxylic acids is 1. The van der Waals surface area contributed by atoms with E-state index in [-0.39, 0.29) is 44.7 Å². The topological polar surface area (TPSA) is 140 Å². The van der Waals surface area contributed by atoms with Gasteiger partial charge >= 0.3 is 10.8 Å². The first kappa shape index (κ1) is 20.3. The molecule has 4 atom stereocenters. The maximum atomic E-state index is 12.7. The number of anilines is 1. The number of benzene rings is 1. The minimum absolute atomic E-state index is 0.0427. The van der Waals surface area contributed by atoms with Crippen molar-refractivity contribution in [3.8, 4) is 0 Å². The van der Waals surface area contributed by atoms with Crippen molar-refractivity contribution < 1.29 is 14.6 Å². The van der Waals surface area contributed by atoms with Crippen molar-refractivity contribution in [1.82, 2.24) is 14.5 Å². The van der Waals surface area contributed by atoms with Gasteiger partial charge in [-0.25, -0.2) is 4.79 Å². The zero-order chi connectivity index (χ0) is 21.6. The van der Waals surface area contributed by atoms with E-state index >= 15 is 0 Å². The molecule has 0 bridgehead atoms. The van der Waals surface area contributed by atoms with Gasteiger partial charge in [0.05, 0.1) is 11.7 Å². The Morgan fingerprint density at radius 3 is 2.87 bits per heavy atom. The number of H-pyrrole nitrogens is 1. The Morgan fingerprint density at radius 2 is 2.17 bits per heavy atom. The van der Waals surface area contributed by atoms with Crippen molar-refractivity contribution in [3.05, 3.63) is 55.4 Å². The molecule has 0 radical (unpaired) electrons. The Bertz CT molecular complexity index is 1230. The number of aromatic nitrogens is 3. The summed E-state index contributed by atoms with van der Waals surface area (Å²) in [5.41, 5.74) is 6.40. The van der Waals surface area contributed by atoms with Crippen LogP contribution in [0, 0.1) is 5.92 Å². The monoisotopic (exact) mass is 430 g/mol. The molecular weight excluding hydrogens is 408 g/mol. The lowest BCUT2D eigenvalue weighted by Gasteiger charge is -2.24. The van der Waals surface area contributed by atoms with E-state index in [0.29, 0.717) is 18.4 Å². The first-order chi connectivity index (χ1) is 14.3. The van der Waals surface area contributed by atoms with Gasteiger partial charge in [0.25, 0.3) is 5.56 Å². The largest absolute Gasteiger partial charge is 0.478 e. The Kier molecular flexibility index (Phi) is 5.20. The smallest absolute Gasteiger partial charge is 0.335 e. The third kappa shape index (κ3) is 3.31. The van der Waals surface area contributed by atoms with Gasteiger partial charge in [0.2, 0.25) is 5.95 Å². The number of hydrogen-bond acceptors (Lipinski definition) is 7. The van der Waals surface area contributed by atoms with Crippen LogP contribution in [0.15, 0.2) is 33.9 Å². The van der Waals surface area contributed by atoms with Crippen LogP contribution in [-0.4, -0.2) is 31.7 Å². The number of nitrogens with one attached hydrogen (secondary N) is 1. The molecule has 4 rings (SSSR count). The van der Waals surface area contributed by atoms with Crippen LogP contribution in [0.4, 0.5) is 5.95 Å². The van der Waals surface area contributed by atoms with Gasteiger partial charge in [0.1, 0.15) is 10.9 Å². The van der Waals surface area contributed by atoms with Gasteiger partial charge < -0.3 is 15.6 Å². The normalized spacial score (nSPS) is 22.4. The van der Waals surface area contributed by atoms with Crippen LogP contribution < -0.4 is 16.2 Å². The van der Waals surface area contributed by atoms with Gasteiger partial charge in [-0.1, -0.05) is 43.4 Å². The summed E-state index contributed by atoms with van der Waals surface area (Å²) in [5.74, 6) is -1.24. The highest BCUT2D eigenvalue weighted by Gasteiger charge is 2.40. The molecule has 1 aliphatic heterocycles. The Morgan fingerprint density at radius 1 is 1.43 bits per heavy atom. The lowest BCUT2D eigenvalue weighted by Crippen LogP contribution is -2.25. The highest BCUT2D eigenvalue weighted by molar-refractivity contribution is 7.16. The molecule has 3 aromatic rings. The quantitative estimate of drug-likeness (QED) is 0.565. The van der Waals surface area contributed by atoms with Gasteiger partial charge in [-0.15, -0.1) is 0 Å². The van der Waals surface area contributed by atoms with Crippen molar-refractivity contribution >= 4 is 33.6 Å². The molecule has 0 amide bonds. The third-order valence-electron chi connectivity index (χ3n) is 5.63. The van der Waals surface area contributed by atoms with Gasteiger partial charge in [0.15, 0.2) is 5.65 Å². The van der Waals surface area contributed by atoms with E-state index in [1.807, 2.05) is 26.0 Å². The van der Waals surface area contributed by atoms with Crippen LogP contribution in [0.1, 0.15) is 54.8 Å². The second-order valence-electron chi connectivity index (χ2n) is 7.53. The predicted molar refractivity (Wildman–Crippen MR) is 113 cm³/mol. The maximum Gasteiger partial charge on any atom is 0.335 e. The number of nitrogens with two attached hydrogens (primary N) is 1. The van der Waals surface area contributed by atoms with E-state index in [4.69, 9.17) is 10.5 Å². The van der Waals surface area contributed by atoms with E-state index in [1.165, 1.54) is 4.57 Å². The van der Waals surface area contributed by atoms with Crippen LogP contribution in [0.25, 0.3) is 10.3 Å². The van der Waals surface area contributed by atoms with Crippen molar-refractivity contribution in [2.24, 2.45) is 5.92 Å². The highest BCUT2D eigenvalue weighted by Crippen LogP contribution is 2.42. The molecule has 0 unspecified atom stereocenters. The molecule has 30 heavy (non-hydrogen) atoms. The number of nitrogens with zero attached hydrogens (tertiary/aromatic N) is 2. The SMILES string of the molecule is CC[C@@H](c1ccccc1C(=O)O)[C@@H]1C[C@@H](C)[C@H](n2c(=O)sc3c(=O)[nH]c(N)nc32)O1. The predicted octanol–water partition coefficient (Wildman–Crippen LogP) is 2.54. The number of ether oxygens (including phenoxy) is 1. The number of aromatic amines is 1. The minimum atomic E-state index is -0.981. The molecule has 10 heteroatoms. The number of thiazole rings is 1. The van der Waals surface area contributed by atoms with Crippen molar-refractivity contribution in [2.75, 3.05) is 5.73 Å². The fourth-order valence-electron chi connectivity index (χ4n) is 4.29. The fraction of sp³-hybridized carbons (Fsp3) is 0.400. The van der Waals surface area contributed by atoms with E-state index in [2.05, 4.69) is 9.97 Å². The Balaban J connectivity index is 1.73. The molecule has 1 aliphatic rings. The number of carboxylic acid groups (broad SMARTS) is 1. The van der Waals surface area contributed by atoms with Gasteiger partial charge in [-0.3, -0.25) is 19.1 Å². The summed E-state index contributed by atoms with van der Waals surface area (Å²) in [7, 11) is 0. The van der Waals surface area contributed by atoms with Crippen LogP contribution in [0.2, 0.25) is 0 Å². The number of aromatic carboxylic acids is 1. The summed E-state index contributed by atoms with van der Waals surface area (Å²) < 4.78 is 7.91. The summed E-state index contributed by atoms with van der Waals surface area (Å²) in [6.07, 6.45) is 0.422. The van der Waals surface area contributed by atoms with E-state index in [9.17, 15) is 19.5 Å². The molecule has 158 valence electrons. The van der Waals surface area contributed by atoms with Gasteiger partial charge in [-0.2, -0.15) is 4.98 Å². The molecule has 3 heterocycles. The lowest BCUT2D eigenvalue weighted by molar-refractivity contribution is -0.0205. The molecule has 0 saturated carbocycles. The number of carbonyl (C=O) groups is 1. The number of rotatable bonds is 5. The first-order valence-corrected chi connectivity index (χ1v) is 10.5. The summed E-state index contributed by atoms with van der Waals surface area (Å²) in [5, 5.41) is 9.58. The van der Waals surface area contributed by atoms with Crippen LogP contribution in [-0.2, 0) is 4.74 Å². The lowest BCUT2D eigenvalue weighted by atomic mass is 9.85. The van der Waals surface area contributed by atoms with Crippen LogP contribution in [0.5, 0.6) is 0 Å². The number of hydrogen-bond donors (Lipinski definition) is 3. The van der Waals surface area contributed by atoms with Crippen LogP contribution in [0.3, 0.4) is 0 Å². The third-order valence-corrected chi connectivity index (χ3v) is 6.57. The summed E-state index contributed by atoms with van der Waals surface area (Å²) >= 11 is 0.809. The summed E-state index contributed by atoms with van der Waals surface area (Å²) in [4.78, 5) is 42.7. The zero-order valence-electron chi connectivity index (χ0n) is 16.5. The average molecular weight is 430 g/mol. The molecule has 9 nitrogen and oxygen atoms in total. The number of nitrogen functional groups attached to an aromatic ring is 1. The molecule has 2 aromatic heterocycles. The number of fused-ring (bicyclic) bond motifs is 1. The van der Waals surface area contributed by atoms with E-state index < -0.39 is 17.8 Å². The van der Waals surface area contributed by atoms with Gasteiger partial charge in [0, 0.05) is 11.8 Å². The Labute approximate surface area is 175 Å². The van der Waals surface area contributed by atoms with Crippen molar-refractivity contribution in [3.63, 3.8) is 0 Å². The van der Waals surface area contributed by atoms with Crippen molar-refractivity contribution in [1.29, 1.82) is 0 Å². The maximum absolute atomic E-state index is 12.7. The van der Waals surface area contributed by atoms with E-state index in [0.717, 1.165) is 11.3 Å². The molecule has 0 spiro atoms. The molecule has 1 fully saturated rings. The molecular formula is C20H22N4O5S. The Hall–Kier alpha value is -2.98. The zero-order valence-corrected chi connectivity index (χ0v) is 17.3. The average Bonchev–Trinajstić information content (AvgIpc) is 3.22. The van der Waals surface area contributed by atoms with Crippen LogP contribution >= 0.6 is 11.3 Å². The summed E-state index contributed by atoms with van der Waals surface area (Å²) in [6, 6.07) is 6.92. The molecule has 4 N–H and O–H groups in total. The standard InChI is InChI=1S/C20H22N4O5S/c1-3-10(11-6-4-5-7-12(11)18(26)27)13-8-9(2)17(29-13)24-15-14(30-20(24)28)16(25)23-19(21)22-15/h4-7,9-10,13,17H,3,8H2,1-2H3,(H,26,27)(H3,21,22,23,25)/t9-,10+,13+,17-/m1/s1. The van der Waals surface area contributed by atoms with Gasteiger partial charge in [-0.05, 0) is 24.5 Å². The van der Waals surface area contributed by atoms with E-state index in [1.54, 1.807) is 12.1 Å². The first-order valence-electron chi connectivity index (χ1n) is 9.70. The second-order valence-corrected chi connectivity index (χ2v) is 8.49. The summed E-state index contributed by atoms with van der Waals surface area (Å²) in [6.45, 7) is 3.95. The second kappa shape index (κ2) is 7.69. The minimum Gasteiger partial charge on any atom is -0.478 e.